The van der Waals surface area contributed by atoms with Crippen molar-refractivity contribution in [3.63, 3.8) is 0 Å². The van der Waals surface area contributed by atoms with Crippen LogP contribution in [0.3, 0.4) is 0 Å². The van der Waals surface area contributed by atoms with Crippen molar-refractivity contribution in [2.45, 2.75) is 13.8 Å². The molecule has 1 heteroatoms. The molecule has 6 aromatic rings. The lowest BCUT2D eigenvalue weighted by atomic mass is 9.84. The van der Waals surface area contributed by atoms with Crippen LogP contribution in [0.25, 0.3) is 65.6 Å². The monoisotopic (exact) mass is 486 g/mol. The molecule has 0 saturated carbocycles. The van der Waals surface area contributed by atoms with E-state index < -0.39 is 0 Å². The Bertz CT molecular complexity index is 1860. The molecule has 0 amide bonds. The van der Waals surface area contributed by atoms with Crippen LogP contribution in [-0.2, 0) is 0 Å². The van der Waals surface area contributed by atoms with E-state index >= 15 is 0 Å². The summed E-state index contributed by atoms with van der Waals surface area (Å²) in [6.45, 7) is 5.09. The van der Waals surface area contributed by atoms with Gasteiger partial charge in [-0.15, -0.1) is 12.2 Å². The van der Waals surface area contributed by atoms with Crippen molar-refractivity contribution in [2.24, 2.45) is 0 Å². The second kappa shape index (κ2) is 9.04. The van der Waals surface area contributed by atoms with Crippen LogP contribution in [0, 0.1) is 6.92 Å². The molecule has 38 heavy (non-hydrogen) atoms. The summed E-state index contributed by atoms with van der Waals surface area (Å²) in [4.78, 5) is 0. The minimum atomic E-state index is 0.754. The van der Waals surface area contributed by atoms with Gasteiger partial charge in [0.1, 0.15) is 0 Å². The third kappa shape index (κ3) is 3.63. The van der Waals surface area contributed by atoms with Gasteiger partial charge in [0.05, 0.1) is 0 Å². The van der Waals surface area contributed by atoms with Crippen LogP contribution in [0.15, 0.2) is 127 Å². The van der Waals surface area contributed by atoms with Crippen LogP contribution in [0.1, 0.15) is 18.1 Å². The van der Waals surface area contributed by atoms with Gasteiger partial charge in [0, 0.05) is 0 Å². The molecule has 0 saturated heterocycles. The Kier molecular flexibility index (Phi) is 5.37. The van der Waals surface area contributed by atoms with Gasteiger partial charge in [-0.3, -0.25) is 0 Å². The minimum absolute atomic E-state index is 0.754. The van der Waals surface area contributed by atoms with E-state index in [9.17, 15) is 0 Å². The van der Waals surface area contributed by atoms with Gasteiger partial charge in [-0.25, -0.2) is 0 Å². The summed E-state index contributed by atoms with van der Waals surface area (Å²) in [7, 11) is 0. The number of rotatable bonds is 3. The minimum Gasteiger partial charge on any atom is -0.681 e. The molecule has 1 heterocycles. The van der Waals surface area contributed by atoms with E-state index in [1.54, 1.807) is 0 Å². The van der Waals surface area contributed by atoms with Crippen molar-refractivity contribution in [1.29, 1.82) is 0 Å². The fraction of sp³-hybridized carbons (Fsp3) is 0.0811. The van der Waals surface area contributed by atoms with Crippen LogP contribution < -0.4 is 0 Å². The average molecular weight is 487 g/mol. The molecule has 0 radical (unpaired) electrons. The summed E-state index contributed by atoms with van der Waals surface area (Å²) >= 11 is 0. The molecule has 182 valence electrons. The van der Waals surface area contributed by atoms with Gasteiger partial charge in [-0.2, -0.15) is 0 Å². The first-order valence-electron chi connectivity index (χ1n) is 13.3. The first-order chi connectivity index (χ1) is 18.7. The van der Waals surface area contributed by atoms with E-state index in [0.29, 0.717) is 0 Å². The smallest absolute Gasteiger partial charge is 0.00201 e. The molecule has 0 aromatic heterocycles. The standard InChI is InChI=1S/C37H28N/c1-24-21-22-38-35(23-24)26-16-18-27(19-17-26)36-30-11-5-7-13-32(30)37(33-14-8-6-12-31(33)36)34-20-15-25(2)28-9-3-4-10-29(28)34/h3-21,23H,22H2,1-2H3/q-1. The average Bonchev–Trinajstić information content (AvgIpc) is 2.97. The topological polar surface area (TPSA) is 14.1 Å². The van der Waals surface area contributed by atoms with Gasteiger partial charge in [0.15, 0.2) is 0 Å². The fourth-order valence-electron chi connectivity index (χ4n) is 5.99. The number of allylic oxidation sites excluding steroid dienone is 2. The second-order valence-corrected chi connectivity index (χ2v) is 10.2. The normalized spacial score (nSPS) is 13.4. The van der Waals surface area contributed by atoms with Crippen LogP contribution in [0.5, 0.6) is 0 Å². The Labute approximate surface area is 223 Å². The summed E-state index contributed by atoms with van der Waals surface area (Å²) in [5.74, 6) is 0. The fourth-order valence-corrected chi connectivity index (χ4v) is 5.99. The Morgan fingerprint density at radius 2 is 1.03 bits per heavy atom. The highest BCUT2D eigenvalue weighted by Gasteiger charge is 2.18. The molecule has 1 aliphatic rings. The van der Waals surface area contributed by atoms with Gasteiger partial charge in [-0.05, 0) is 79.5 Å². The third-order valence-electron chi connectivity index (χ3n) is 7.85. The summed E-state index contributed by atoms with van der Waals surface area (Å²) in [6, 6.07) is 40.1. The van der Waals surface area contributed by atoms with E-state index in [0.717, 1.165) is 17.8 Å². The van der Waals surface area contributed by atoms with Gasteiger partial charge in [0.2, 0.25) is 0 Å². The number of fused-ring (bicyclic) bond motifs is 3. The molecular weight excluding hydrogens is 458 g/mol. The van der Waals surface area contributed by atoms with E-state index in [1.807, 2.05) is 0 Å². The lowest BCUT2D eigenvalue weighted by Crippen LogP contribution is -1.94. The van der Waals surface area contributed by atoms with Gasteiger partial charge < -0.3 is 5.32 Å². The van der Waals surface area contributed by atoms with Crippen molar-refractivity contribution in [3.8, 4) is 22.3 Å². The van der Waals surface area contributed by atoms with E-state index in [-0.39, 0.29) is 0 Å². The van der Waals surface area contributed by atoms with Crippen LogP contribution in [0.4, 0.5) is 0 Å². The summed E-state index contributed by atoms with van der Waals surface area (Å²) in [6.07, 6.45) is 4.33. The Morgan fingerprint density at radius 1 is 0.500 bits per heavy atom. The second-order valence-electron chi connectivity index (χ2n) is 10.2. The van der Waals surface area contributed by atoms with Crippen molar-refractivity contribution in [1.82, 2.24) is 0 Å². The van der Waals surface area contributed by atoms with Crippen LogP contribution >= 0.6 is 0 Å². The predicted molar refractivity (Wildman–Crippen MR) is 165 cm³/mol. The molecule has 0 fully saturated rings. The summed E-state index contributed by atoms with van der Waals surface area (Å²) in [5, 5.41) is 12.4. The maximum atomic E-state index is 4.71. The van der Waals surface area contributed by atoms with Crippen molar-refractivity contribution < 1.29 is 0 Å². The molecule has 0 bridgehead atoms. The van der Waals surface area contributed by atoms with Crippen molar-refractivity contribution >= 4 is 38.0 Å². The highest BCUT2D eigenvalue weighted by Crippen LogP contribution is 2.45. The van der Waals surface area contributed by atoms with E-state index in [1.165, 1.54) is 65.7 Å². The lowest BCUT2D eigenvalue weighted by molar-refractivity contribution is 1.33. The Morgan fingerprint density at radius 3 is 1.63 bits per heavy atom. The SMILES string of the molecule is CC1=CC[N-]C(c2ccc(-c3c4ccccc4c(-c4ccc(C)c5ccccc45)c4ccccc34)cc2)=C1. The molecule has 0 atom stereocenters. The molecule has 1 nitrogen and oxygen atoms in total. The molecule has 0 N–H and O–H groups in total. The predicted octanol–water partition coefficient (Wildman–Crippen LogP) is 10.5. The molecule has 0 aliphatic carbocycles. The zero-order chi connectivity index (χ0) is 25.6. The maximum Gasteiger partial charge on any atom is -0.00201 e. The molecule has 0 spiro atoms. The summed E-state index contributed by atoms with van der Waals surface area (Å²) in [5.41, 5.74) is 9.91. The van der Waals surface area contributed by atoms with Gasteiger partial charge in [0.25, 0.3) is 0 Å². The quantitative estimate of drug-likeness (QED) is 0.221. The molecule has 0 unspecified atom stereocenters. The Hall–Kier alpha value is -4.62. The highest BCUT2D eigenvalue weighted by molar-refractivity contribution is 6.23. The third-order valence-corrected chi connectivity index (χ3v) is 7.85. The zero-order valence-electron chi connectivity index (χ0n) is 21.7. The Balaban J connectivity index is 1.51. The number of nitrogens with zero attached hydrogens (tertiary/aromatic N) is 1. The first kappa shape index (κ1) is 22.6. The number of hydrogen-bond donors (Lipinski definition) is 0. The van der Waals surface area contributed by atoms with Crippen LogP contribution in [-0.4, -0.2) is 6.54 Å². The first-order valence-corrected chi connectivity index (χ1v) is 13.3. The molecule has 1 aliphatic heterocycles. The lowest BCUT2D eigenvalue weighted by Gasteiger charge is -2.28. The molecular formula is C37H28N-. The van der Waals surface area contributed by atoms with Gasteiger partial charge >= 0.3 is 0 Å². The van der Waals surface area contributed by atoms with E-state index in [4.69, 9.17) is 5.32 Å². The highest BCUT2D eigenvalue weighted by atomic mass is 14.9. The summed E-state index contributed by atoms with van der Waals surface area (Å²) < 4.78 is 0. The van der Waals surface area contributed by atoms with Crippen molar-refractivity contribution in [2.75, 3.05) is 6.54 Å². The number of hydrogen-bond acceptors (Lipinski definition) is 0. The van der Waals surface area contributed by atoms with Gasteiger partial charge in [-0.1, -0.05) is 127 Å². The molecule has 7 rings (SSSR count). The largest absolute Gasteiger partial charge is 0.681 e. The number of aryl methyl sites for hydroxylation is 1. The van der Waals surface area contributed by atoms with Crippen molar-refractivity contribution in [3.05, 3.63) is 143 Å². The van der Waals surface area contributed by atoms with E-state index in [2.05, 4.69) is 135 Å². The maximum absolute atomic E-state index is 4.71. The number of benzene rings is 6. The van der Waals surface area contributed by atoms with Crippen LogP contribution in [0.2, 0.25) is 0 Å². The zero-order valence-corrected chi connectivity index (χ0v) is 21.7. The molecule has 6 aromatic carbocycles.